The maximum Gasteiger partial charge on any atom is 0.408 e. The van der Waals surface area contributed by atoms with Crippen LogP contribution in [0, 0.1) is 11.8 Å². The van der Waals surface area contributed by atoms with Crippen LogP contribution in [0.25, 0.3) is 0 Å². The Morgan fingerprint density at radius 3 is 1.89 bits per heavy atom. The van der Waals surface area contributed by atoms with E-state index < -0.39 is 48.0 Å². The lowest BCUT2D eigenvalue weighted by molar-refractivity contribution is -0.167. The van der Waals surface area contributed by atoms with Crippen LogP contribution in [0.2, 0.25) is 0 Å². The Bertz CT molecular complexity index is 549. The second kappa shape index (κ2) is 11.7. The fourth-order valence-electron chi connectivity index (χ4n) is 2.41. The van der Waals surface area contributed by atoms with Crippen molar-refractivity contribution >= 4 is 23.8 Å². The summed E-state index contributed by atoms with van der Waals surface area (Å²) < 4.78 is 15.0. The molecule has 1 N–H and O–H groups in total. The number of esters is 2. The Morgan fingerprint density at radius 1 is 0.929 bits per heavy atom. The van der Waals surface area contributed by atoms with Crippen LogP contribution in [0.15, 0.2) is 0 Å². The molecule has 0 aromatic rings. The van der Waals surface area contributed by atoms with Gasteiger partial charge >= 0.3 is 18.0 Å². The number of carbonyl (C=O) groups excluding carboxylic acids is 4. The Balaban J connectivity index is 5.01. The lowest BCUT2D eigenvalue weighted by Crippen LogP contribution is -2.45. The van der Waals surface area contributed by atoms with Gasteiger partial charge in [0.05, 0.1) is 13.2 Å². The number of Topliss-reactive ketones (excluding diaryl/α,β-unsaturated/α-hetero) is 1. The van der Waals surface area contributed by atoms with Crippen molar-refractivity contribution in [2.24, 2.45) is 11.8 Å². The van der Waals surface area contributed by atoms with E-state index in [1.165, 1.54) is 7.11 Å². The Hall–Kier alpha value is -2.12. The number of rotatable bonds is 10. The van der Waals surface area contributed by atoms with E-state index in [1.807, 2.05) is 27.7 Å². The van der Waals surface area contributed by atoms with Gasteiger partial charge < -0.3 is 19.5 Å². The summed E-state index contributed by atoms with van der Waals surface area (Å²) in [5.74, 6) is -1.81. The summed E-state index contributed by atoms with van der Waals surface area (Å²) in [6.07, 6.45) is -1.71. The van der Waals surface area contributed by atoms with Crippen LogP contribution in [0.5, 0.6) is 0 Å². The van der Waals surface area contributed by atoms with Gasteiger partial charge in [0, 0.05) is 0 Å². The molecule has 0 saturated carbocycles. The highest BCUT2D eigenvalue weighted by molar-refractivity contribution is 6.00. The molecule has 1 amide bonds. The molecule has 0 fully saturated rings. The molecule has 0 aliphatic rings. The fourth-order valence-corrected chi connectivity index (χ4v) is 2.41. The standard InChI is InChI=1S/C20H35NO7/c1-12(2)9-14(21-19(25)28-20(5,6)7)15(22)11-17(23)27-16(10-13(3)4)18(24)26-8/h12-14,16H,9-11H2,1-8H3,(H,21,25)/t14-,16-/m0/s1. The van der Waals surface area contributed by atoms with Crippen LogP contribution >= 0.6 is 0 Å². The first-order valence-corrected chi connectivity index (χ1v) is 9.54. The Labute approximate surface area is 167 Å². The van der Waals surface area contributed by atoms with E-state index in [0.717, 1.165) is 0 Å². The monoisotopic (exact) mass is 401 g/mol. The van der Waals surface area contributed by atoms with E-state index in [2.05, 4.69) is 10.1 Å². The molecular formula is C20H35NO7. The van der Waals surface area contributed by atoms with Gasteiger partial charge in [0.25, 0.3) is 0 Å². The van der Waals surface area contributed by atoms with Gasteiger partial charge in [-0.05, 0) is 45.4 Å². The molecule has 0 aliphatic heterocycles. The molecule has 0 saturated heterocycles. The van der Waals surface area contributed by atoms with Crippen molar-refractivity contribution in [1.82, 2.24) is 5.32 Å². The molecule has 0 bridgehead atoms. The van der Waals surface area contributed by atoms with Crippen molar-refractivity contribution in [2.75, 3.05) is 7.11 Å². The van der Waals surface area contributed by atoms with Crippen molar-refractivity contribution in [3.8, 4) is 0 Å². The largest absolute Gasteiger partial charge is 0.466 e. The minimum Gasteiger partial charge on any atom is -0.466 e. The lowest BCUT2D eigenvalue weighted by Gasteiger charge is -2.24. The molecule has 0 aromatic heterocycles. The predicted molar refractivity (Wildman–Crippen MR) is 104 cm³/mol. The topological polar surface area (TPSA) is 108 Å². The summed E-state index contributed by atoms with van der Waals surface area (Å²) >= 11 is 0. The SMILES string of the molecule is COC(=O)[C@H](CC(C)C)OC(=O)CC(=O)[C@H](CC(C)C)NC(=O)OC(C)(C)C. The van der Waals surface area contributed by atoms with Crippen LogP contribution in [-0.2, 0) is 28.6 Å². The summed E-state index contributed by atoms with van der Waals surface area (Å²) in [6, 6.07) is -0.885. The molecule has 2 atom stereocenters. The number of nitrogens with one attached hydrogen (secondary N) is 1. The van der Waals surface area contributed by atoms with Crippen molar-refractivity contribution in [2.45, 2.75) is 85.5 Å². The number of ketones is 1. The van der Waals surface area contributed by atoms with Crippen molar-refractivity contribution < 1.29 is 33.4 Å². The number of ether oxygens (including phenoxy) is 3. The van der Waals surface area contributed by atoms with Gasteiger partial charge in [0.1, 0.15) is 12.0 Å². The minimum atomic E-state index is -1.06. The molecule has 0 rings (SSSR count). The van der Waals surface area contributed by atoms with Gasteiger partial charge in [0.15, 0.2) is 11.9 Å². The molecule has 8 heteroatoms. The molecule has 0 heterocycles. The number of carbonyl (C=O) groups is 4. The van der Waals surface area contributed by atoms with Crippen LogP contribution in [-0.4, -0.2) is 48.7 Å². The minimum absolute atomic E-state index is 0.0927. The third-order valence-corrected chi connectivity index (χ3v) is 3.53. The highest BCUT2D eigenvalue weighted by Crippen LogP contribution is 2.14. The fraction of sp³-hybridized carbons (Fsp3) is 0.800. The number of alkyl carbamates (subject to hydrolysis) is 1. The third-order valence-electron chi connectivity index (χ3n) is 3.53. The van der Waals surface area contributed by atoms with Crippen LogP contribution in [0.4, 0.5) is 4.79 Å². The molecular weight excluding hydrogens is 366 g/mol. The van der Waals surface area contributed by atoms with Crippen LogP contribution < -0.4 is 5.32 Å². The van der Waals surface area contributed by atoms with E-state index in [-0.39, 0.29) is 18.3 Å². The zero-order valence-electron chi connectivity index (χ0n) is 18.3. The molecule has 28 heavy (non-hydrogen) atoms. The molecule has 0 spiro atoms. The van der Waals surface area contributed by atoms with Crippen molar-refractivity contribution in [3.05, 3.63) is 0 Å². The summed E-state index contributed by atoms with van der Waals surface area (Å²) in [5, 5.41) is 2.52. The van der Waals surface area contributed by atoms with Crippen LogP contribution in [0.3, 0.4) is 0 Å². The van der Waals surface area contributed by atoms with Crippen LogP contribution in [0.1, 0.15) is 67.7 Å². The van der Waals surface area contributed by atoms with E-state index in [9.17, 15) is 19.2 Å². The summed E-state index contributed by atoms with van der Waals surface area (Å²) in [6.45, 7) is 12.7. The van der Waals surface area contributed by atoms with Gasteiger partial charge in [-0.3, -0.25) is 9.59 Å². The summed E-state index contributed by atoms with van der Waals surface area (Å²) in [4.78, 5) is 48.5. The van der Waals surface area contributed by atoms with Gasteiger partial charge in [-0.2, -0.15) is 0 Å². The number of hydrogen-bond donors (Lipinski definition) is 1. The van der Waals surface area contributed by atoms with E-state index in [1.54, 1.807) is 20.8 Å². The first-order valence-electron chi connectivity index (χ1n) is 9.54. The van der Waals surface area contributed by atoms with Gasteiger partial charge in [-0.1, -0.05) is 27.7 Å². The van der Waals surface area contributed by atoms with Crippen molar-refractivity contribution in [3.63, 3.8) is 0 Å². The second-order valence-corrected chi connectivity index (χ2v) is 8.60. The smallest absolute Gasteiger partial charge is 0.408 e. The van der Waals surface area contributed by atoms with Gasteiger partial charge in [0.2, 0.25) is 0 Å². The number of amides is 1. The average molecular weight is 402 g/mol. The lowest BCUT2D eigenvalue weighted by atomic mass is 9.98. The molecule has 0 unspecified atom stereocenters. The normalized spacial score (nSPS) is 13.6. The zero-order chi connectivity index (χ0) is 22.1. The van der Waals surface area contributed by atoms with E-state index in [0.29, 0.717) is 6.42 Å². The molecule has 8 nitrogen and oxygen atoms in total. The molecule has 0 aliphatic carbocycles. The Kier molecular flexibility index (Phi) is 10.8. The van der Waals surface area contributed by atoms with Crippen molar-refractivity contribution in [1.29, 1.82) is 0 Å². The van der Waals surface area contributed by atoms with Gasteiger partial charge in [-0.15, -0.1) is 0 Å². The van der Waals surface area contributed by atoms with E-state index >= 15 is 0 Å². The molecule has 0 aromatic carbocycles. The zero-order valence-corrected chi connectivity index (χ0v) is 18.3. The summed E-state index contributed by atoms with van der Waals surface area (Å²) in [5.41, 5.74) is -0.709. The van der Waals surface area contributed by atoms with Gasteiger partial charge in [-0.25, -0.2) is 9.59 Å². The molecule has 0 radical (unpaired) electrons. The third kappa shape index (κ3) is 11.6. The quantitative estimate of drug-likeness (QED) is 0.340. The highest BCUT2D eigenvalue weighted by Gasteiger charge is 2.30. The first-order chi connectivity index (χ1) is 12.7. The predicted octanol–water partition coefficient (Wildman–Crippen LogP) is 3.02. The number of hydrogen-bond acceptors (Lipinski definition) is 7. The first kappa shape index (κ1) is 25.9. The maximum atomic E-state index is 12.5. The molecule has 162 valence electrons. The Morgan fingerprint density at radius 2 is 1.46 bits per heavy atom. The highest BCUT2D eigenvalue weighted by atomic mass is 16.6. The maximum absolute atomic E-state index is 12.5. The average Bonchev–Trinajstić information content (AvgIpc) is 2.49. The second-order valence-electron chi connectivity index (χ2n) is 8.60. The van der Waals surface area contributed by atoms with E-state index in [4.69, 9.17) is 9.47 Å². The summed E-state index contributed by atoms with van der Waals surface area (Å²) in [7, 11) is 1.21. The number of methoxy groups -OCH3 is 1.